The monoisotopic (exact) mass is 421 g/mol. The normalized spacial score (nSPS) is 12.7. The molecule has 3 aromatic heterocycles. The van der Waals surface area contributed by atoms with E-state index in [1.807, 2.05) is 4.57 Å². The highest BCUT2D eigenvalue weighted by Gasteiger charge is 2.32. The van der Waals surface area contributed by atoms with Crippen LogP contribution in [0.1, 0.15) is 40.4 Å². The zero-order chi connectivity index (χ0) is 21.2. The van der Waals surface area contributed by atoms with E-state index in [9.17, 15) is 4.57 Å². The molecule has 0 amide bonds. The van der Waals surface area contributed by atoms with Gasteiger partial charge < -0.3 is 23.9 Å². The molecule has 11 heteroatoms. The summed E-state index contributed by atoms with van der Waals surface area (Å²) in [6, 6.07) is 0. The molecule has 3 aromatic rings. The van der Waals surface area contributed by atoms with Gasteiger partial charge >= 0.3 is 7.60 Å². The van der Waals surface area contributed by atoms with E-state index in [-0.39, 0.29) is 24.2 Å². The van der Waals surface area contributed by atoms with Gasteiger partial charge in [-0.1, -0.05) is 20.8 Å². The molecule has 29 heavy (non-hydrogen) atoms. The van der Waals surface area contributed by atoms with Crippen molar-refractivity contribution in [1.82, 2.24) is 29.1 Å². The van der Waals surface area contributed by atoms with Crippen molar-refractivity contribution in [2.24, 2.45) is 5.41 Å². The Bertz CT molecular complexity index is 1030. The maximum atomic E-state index is 13.2. The first-order chi connectivity index (χ1) is 13.7. The molecule has 0 radical (unpaired) electrons. The summed E-state index contributed by atoms with van der Waals surface area (Å²) in [5.74, 6) is 1.03. The number of hydrogen-bond donors (Lipinski definition) is 1. The molecule has 0 aliphatic heterocycles. The number of rotatable bonds is 8. The topological polar surface area (TPSA) is 123 Å². The molecule has 158 valence electrons. The minimum Gasteiger partial charge on any atom is -0.382 e. The number of imidazole rings is 2. The summed E-state index contributed by atoms with van der Waals surface area (Å²) in [5, 5.41) is 0. The number of nitrogens with zero attached hydrogens (tertiary/aromatic N) is 6. The van der Waals surface area contributed by atoms with Gasteiger partial charge in [0, 0.05) is 18.9 Å². The SMILES string of the molecule is CCOP(=O)(OCC)c1nccn1Cc1nc2c(N)ncnc2n1CC(C)(C)C. The van der Waals surface area contributed by atoms with Gasteiger partial charge in [-0.05, 0) is 19.3 Å². The molecule has 0 spiro atoms. The third-order valence-electron chi connectivity index (χ3n) is 4.12. The summed E-state index contributed by atoms with van der Waals surface area (Å²) in [4.78, 5) is 17.4. The zero-order valence-electron chi connectivity index (χ0n) is 17.5. The van der Waals surface area contributed by atoms with Gasteiger partial charge in [-0.15, -0.1) is 0 Å². The highest BCUT2D eigenvalue weighted by atomic mass is 31.2. The van der Waals surface area contributed by atoms with Gasteiger partial charge in [-0.2, -0.15) is 0 Å². The third-order valence-corrected chi connectivity index (χ3v) is 6.18. The maximum Gasteiger partial charge on any atom is 0.396 e. The van der Waals surface area contributed by atoms with Crippen LogP contribution in [0.15, 0.2) is 18.7 Å². The fraction of sp³-hybridized carbons (Fsp3) is 0.556. The molecular weight excluding hydrogens is 393 g/mol. The van der Waals surface area contributed by atoms with Crippen LogP contribution in [0.5, 0.6) is 0 Å². The molecule has 0 saturated heterocycles. The van der Waals surface area contributed by atoms with Crippen molar-refractivity contribution in [1.29, 1.82) is 0 Å². The fourth-order valence-electron chi connectivity index (χ4n) is 3.08. The molecule has 3 heterocycles. The second-order valence-corrected chi connectivity index (χ2v) is 9.71. The average Bonchev–Trinajstić information content (AvgIpc) is 3.22. The summed E-state index contributed by atoms with van der Waals surface area (Å²) < 4.78 is 27.9. The lowest BCUT2D eigenvalue weighted by atomic mass is 9.97. The van der Waals surface area contributed by atoms with Crippen molar-refractivity contribution in [2.75, 3.05) is 18.9 Å². The van der Waals surface area contributed by atoms with Crippen LogP contribution in [0.25, 0.3) is 11.2 Å². The highest BCUT2D eigenvalue weighted by molar-refractivity contribution is 7.61. The van der Waals surface area contributed by atoms with Gasteiger partial charge in [-0.3, -0.25) is 4.57 Å². The van der Waals surface area contributed by atoms with Crippen molar-refractivity contribution in [2.45, 2.75) is 47.7 Å². The van der Waals surface area contributed by atoms with Crippen LogP contribution < -0.4 is 11.3 Å². The number of anilines is 1. The van der Waals surface area contributed by atoms with Gasteiger partial charge in [0.2, 0.25) is 5.57 Å². The predicted molar refractivity (Wildman–Crippen MR) is 111 cm³/mol. The van der Waals surface area contributed by atoms with E-state index in [1.165, 1.54) is 6.33 Å². The molecule has 0 fully saturated rings. The zero-order valence-corrected chi connectivity index (χ0v) is 18.4. The van der Waals surface area contributed by atoms with Gasteiger partial charge in [0.25, 0.3) is 0 Å². The Morgan fingerprint density at radius 1 is 1.14 bits per heavy atom. The van der Waals surface area contributed by atoms with Crippen LogP contribution in [0.4, 0.5) is 5.82 Å². The Morgan fingerprint density at radius 3 is 2.45 bits per heavy atom. The van der Waals surface area contributed by atoms with Crippen molar-refractivity contribution in [3.63, 3.8) is 0 Å². The van der Waals surface area contributed by atoms with E-state index in [0.29, 0.717) is 35.9 Å². The van der Waals surface area contributed by atoms with E-state index < -0.39 is 7.60 Å². The van der Waals surface area contributed by atoms with E-state index >= 15 is 0 Å². The van der Waals surface area contributed by atoms with Crippen molar-refractivity contribution in [3.8, 4) is 0 Å². The summed E-state index contributed by atoms with van der Waals surface area (Å²) in [6.07, 6.45) is 4.74. The molecule has 2 N–H and O–H groups in total. The number of nitrogen functional groups attached to an aromatic ring is 1. The molecular formula is C18H28N7O3P. The Kier molecular flexibility index (Phi) is 6.07. The molecule has 0 atom stereocenters. The molecule has 0 aliphatic carbocycles. The Morgan fingerprint density at radius 2 is 1.83 bits per heavy atom. The van der Waals surface area contributed by atoms with Crippen LogP contribution in [-0.4, -0.2) is 42.3 Å². The molecule has 0 aliphatic rings. The number of aromatic nitrogens is 6. The van der Waals surface area contributed by atoms with Gasteiger partial charge in [0.05, 0.1) is 19.8 Å². The van der Waals surface area contributed by atoms with Crippen LogP contribution in [-0.2, 0) is 26.7 Å². The lowest BCUT2D eigenvalue weighted by Gasteiger charge is -2.22. The van der Waals surface area contributed by atoms with Gasteiger partial charge in [-0.25, -0.2) is 19.9 Å². The van der Waals surface area contributed by atoms with E-state index in [1.54, 1.807) is 30.8 Å². The summed E-state index contributed by atoms with van der Waals surface area (Å²) in [6.45, 7) is 11.4. The number of nitrogens with two attached hydrogens (primary N) is 1. The van der Waals surface area contributed by atoms with Crippen LogP contribution >= 0.6 is 7.60 Å². The summed E-state index contributed by atoms with van der Waals surface area (Å²) >= 11 is 0. The molecule has 0 bridgehead atoms. The van der Waals surface area contributed by atoms with Crippen LogP contribution in [0.3, 0.4) is 0 Å². The second kappa shape index (κ2) is 8.22. The van der Waals surface area contributed by atoms with E-state index in [4.69, 9.17) is 14.8 Å². The highest BCUT2D eigenvalue weighted by Crippen LogP contribution is 2.46. The maximum absolute atomic E-state index is 13.2. The fourth-order valence-corrected chi connectivity index (χ4v) is 4.72. The third kappa shape index (κ3) is 4.49. The van der Waals surface area contributed by atoms with E-state index in [0.717, 1.165) is 0 Å². The van der Waals surface area contributed by atoms with Crippen molar-refractivity contribution < 1.29 is 13.6 Å². The first-order valence-electron chi connectivity index (χ1n) is 9.55. The summed E-state index contributed by atoms with van der Waals surface area (Å²) in [5.41, 5.74) is 7.46. The van der Waals surface area contributed by atoms with Gasteiger partial charge in [0.1, 0.15) is 12.2 Å². The minimum absolute atomic E-state index is 0.0220. The Balaban J connectivity index is 2.08. The smallest absolute Gasteiger partial charge is 0.382 e. The van der Waals surface area contributed by atoms with Crippen LogP contribution in [0, 0.1) is 5.41 Å². The lowest BCUT2D eigenvalue weighted by Crippen LogP contribution is -2.25. The molecule has 10 nitrogen and oxygen atoms in total. The first kappa shape index (κ1) is 21.4. The minimum atomic E-state index is -3.54. The molecule has 0 saturated carbocycles. The van der Waals surface area contributed by atoms with Gasteiger partial charge in [0.15, 0.2) is 17.0 Å². The standard InChI is InChI=1S/C18H28N7O3P/c1-6-27-29(26,28-7-2)17-20-8-9-24(17)10-13-23-14-15(19)21-12-22-16(14)25(13)11-18(3,4)5/h8-9,12H,6-7,10-11H2,1-5H3,(H2,19,21,22). The average molecular weight is 421 g/mol. The second-order valence-electron chi connectivity index (χ2n) is 7.79. The molecule has 0 unspecified atom stereocenters. The quantitative estimate of drug-likeness (QED) is 0.551. The lowest BCUT2D eigenvalue weighted by molar-refractivity contribution is 0.227. The summed E-state index contributed by atoms with van der Waals surface area (Å²) in [7, 11) is -3.54. The van der Waals surface area contributed by atoms with Crippen LogP contribution in [0.2, 0.25) is 0 Å². The van der Waals surface area contributed by atoms with Crippen molar-refractivity contribution in [3.05, 3.63) is 24.5 Å². The predicted octanol–water partition coefficient (Wildman–Crippen LogP) is 2.59. The van der Waals surface area contributed by atoms with E-state index in [2.05, 4.69) is 40.7 Å². The first-order valence-corrected chi connectivity index (χ1v) is 11.1. The number of hydrogen-bond acceptors (Lipinski definition) is 8. The number of fused-ring (bicyclic) bond motifs is 1. The Hall–Kier alpha value is -2.29. The largest absolute Gasteiger partial charge is 0.396 e. The Labute approximate surface area is 170 Å². The molecule has 0 aromatic carbocycles. The molecule has 3 rings (SSSR count). The van der Waals surface area contributed by atoms with Crippen molar-refractivity contribution >= 4 is 30.1 Å².